The molecular weight excluding hydrogens is 468 g/mol. The van der Waals surface area contributed by atoms with Crippen molar-refractivity contribution in [2.24, 2.45) is 7.05 Å². The number of fused-ring (bicyclic) bond motifs is 1. The maximum absolute atomic E-state index is 13.0. The molecule has 0 unspecified atom stereocenters. The van der Waals surface area contributed by atoms with Crippen LogP contribution in [0.1, 0.15) is 25.6 Å². The van der Waals surface area contributed by atoms with Crippen molar-refractivity contribution in [2.75, 3.05) is 13.7 Å². The number of benzene rings is 2. The molecule has 9 nitrogen and oxygen atoms in total. The Bertz CT molecular complexity index is 1490. The Morgan fingerprint density at radius 2 is 1.69 bits per heavy atom. The van der Waals surface area contributed by atoms with Gasteiger partial charge in [0, 0.05) is 32.2 Å². The monoisotopic (exact) mass is 492 g/mol. The fourth-order valence-corrected chi connectivity index (χ4v) is 4.60. The van der Waals surface area contributed by atoms with Crippen LogP contribution in [0.4, 0.5) is 0 Å². The molecule has 180 valence electrons. The summed E-state index contributed by atoms with van der Waals surface area (Å²) in [5.74, 6) is 0.0971. The van der Waals surface area contributed by atoms with E-state index in [1.54, 1.807) is 50.6 Å². The van der Waals surface area contributed by atoms with Gasteiger partial charge in [-0.2, -0.15) is 0 Å². The van der Waals surface area contributed by atoms with Crippen molar-refractivity contribution in [1.29, 1.82) is 0 Å². The minimum absolute atomic E-state index is 0.00880. The molecule has 2 aromatic carbocycles. The van der Waals surface area contributed by atoms with Crippen LogP contribution in [0.15, 0.2) is 70.3 Å². The van der Waals surface area contributed by atoms with Gasteiger partial charge in [-0.3, -0.25) is 23.5 Å². The Balaban J connectivity index is 1.49. The molecule has 0 spiro atoms. The second-order valence-electron chi connectivity index (χ2n) is 7.78. The van der Waals surface area contributed by atoms with Crippen molar-refractivity contribution in [3.05, 3.63) is 97.5 Å². The van der Waals surface area contributed by atoms with Crippen molar-refractivity contribution in [3.63, 3.8) is 0 Å². The van der Waals surface area contributed by atoms with E-state index in [9.17, 15) is 19.2 Å². The summed E-state index contributed by atoms with van der Waals surface area (Å²) in [6.45, 7) is 0.421. The van der Waals surface area contributed by atoms with Gasteiger partial charge in [0.25, 0.3) is 17.4 Å². The van der Waals surface area contributed by atoms with Gasteiger partial charge in [-0.1, -0.05) is 30.3 Å². The zero-order valence-electron chi connectivity index (χ0n) is 19.2. The lowest BCUT2D eigenvalue weighted by Gasteiger charge is -2.09. The van der Waals surface area contributed by atoms with Crippen LogP contribution in [0.2, 0.25) is 0 Å². The van der Waals surface area contributed by atoms with Gasteiger partial charge in [-0.05, 0) is 35.9 Å². The van der Waals surface area contributed by atoms with Crippen LogP contribution in [0.3, 0.4) is 0 Å². The molecule has 4 aromatic rings. The minimum atomic E-state index is -0.511. The number of amides is 2. The van der Waals surface area contributed by atoms with E-state index in [2.05, 4.69) is 10.6 Å². The summed E-state index contributed by atoms with van der Waals surface area (Å²) in [6.07, 6.45) is 0. The Morgan fingerprint density at radius 1 is 0.971 bits per heavy atom. The average molecular weight is 493 g/mol. The normalized spacial score (nSPS) is 10.8. The number of carbonyl (C=O) groups is 2. The number of nitrogens with zero attached hydrogens (tertiary/aromatic N) is 2. The Morgan fingerprint density at radius 3 is 2.37 bits per heavy atom. The lowest BCUT2D eigenvalue weighted by atomic mass is 10.2. The largest absolute Gasteiger partial charge is 0.497 e. The predicted octanol–water partition coefficient (Wildman–Crippen LogP) is 2.13. The number of hydrogen-bond donors (Lipinski definition) is 2. The van der Waals surface area contributed by atoms with Gasteiger partial charge < -0.3 is 15.4 Å². The molecule has 2 N–H and O–H groups in total. The lowest BCUT2D eigenvalue weighted by Crippen LogP contribution is -2.41. The number of methoxy groups -OCH3 is 1. The Kier molecular flexibility index (Phi) is 7.11. The minimum Gasteiger partial charge on any atom is -0.497 e. The number of ether oxygens (including phenoxy) is 1. The number of aryl methyl sites for hydroxylation is 1. The quantitative estimate of drug-likeness (QED) is 0.392. The third-order valence-corrected chi connectivity index (χ3v) is 6.71. The summed E-state index contributed by atoms with van der Waals surface area (Å²) in [5, 5.41) is 5.83. The topological polar surface area (TPSA) is 111 Å². The maximum atomic E-state index is 13.0. The fourth-order valence-electron chi connectivity index (χ4n) is 3.58. The van der Waals surface area contributed by atoms with Gasteiger partial charge in [-0.15, -0.1) is 11.3 Å². The molecule has 10 heteroatoms. The summed E-state index contributed by atoms with van der Waals surface area (Å²) in [4.78, 5) is 51.5. The number of rotatable bonds is 8. The third-order valence-electron chi connectivity index (χ3n) is 5.50. The highest BCUT2D eigenvalue weighted by atomic mass is 32.1. The molecule has 2 heterocycles. The molecule has 35 heavy (non-hydrogen) atoms. The van der Waals surface area contributed by atoms with Gasteiger partial charge in [-0.25, -0.2) is 4.79 Å². The van der Waals surface area contributed by atoms with Crippen LogP contribution in [-0.2, 0) is 20.1 Å². The van der Waals surface area contributed by atoms with Crippen molar-refractivity contribution in [2.45, 2.75) is 13.1 Å². The highest BCUT2D eigenvalue weighted by molar-refractivity contribution is 7.20. The average Bonchev–Trinajstić information content (AvgIpc) is 3.35. The standard InChI is InChI=1S/C25H24N4O5S/c1-28-24-19(14-20(35-24)22(31)27-15-16-8-10-18(34-2)11-9-16)23(32)29(25(28)33)13-12-26-21(30)17-6-4-3-5-7-17/h3-11,14H,12-13,15H2,1-2H3,(H,26,30)(H,27,31). The molecule has 2 aromatic heterocycles. The highest BCUT2D eigenvalue weighted by Gasteiger charge is 2.18. The van der Waals surface area contributed by atoms with Crippen molar-refractivity contribution in [3.8, 4) is 5.75 Å². The molecular formula is C25H24N4O5S. The van der Waals surface area contributed by atoms with Crippen molar-refractivity contribution >= 4 is 33.4 Å². The van der Waals surface area contributed by atoms with E-state index < -0.39 is 11.2 Å². The summed E-state index contributed by atoms with van der Waals surface area (Å²) < 4.78 is 7.55. The first-order valence-electron chi connectivity index (χ1n) is 10.9. The van der Waals surface area contributed by atoms with E-state index in [1.165, 1.54) is 10.6 Å². The van der Waals surface area contributed by atoms with Gasteiger partial charge in [0.15, 0.2) is 0 Å². The molecule has 0 aliphatic heterocycles. The van der Waals surface area contributed by atoms with Gasteiger partial charge in [0.05, 0.1) is 17.4 Å². The van der Waals surface area contributed by atoms with Gasteiger partial charge in [0.2, 0.25) is 0 Å². The highest BCUT2D eigenvalue weighted by Crippen LogP contribution is 2.22. The van der Waals surface area contributed by atoms with Crippen molar-refractivity contribution < 1.29 is 14.3 Å². The van der Waals surface area contributed by atoms with Gasteiger partial charge in [0.1, 0.15) is 10.6 Å². The van der Waals surface area contributed by atoms with E-state index in [1.807, 2.05) is 18.2 Å². The molecule has 0 radical (unpaired) electrons. The number of hydrogen-bond acceptors (Lipinski definition) is 6. The zero-order chi connectivity index (χ0) is 24.9. The molecule has 0 fully saturated rings. The van der Waals surface area contributed by atoms with Crippen LogP contribution < -0.4 is 26.6 Å². The predicted molar refractivity (Wildman–Crippen MR) is 134 cm³/mol. The number of aromatic nitrogens is 2. The number of thiophene rings is 1. The summed E-state index contributed by atoms with van der Waals surface area (Å²) >= 11 is 1.08. The van der Waals surface area contributed by atoms with Crippen LogP contribution >= 0.6 is 11.3 Å². The smallest absolute Gasteiger partial charge is 0.331 e. The van der Waals surface area contributed by atoms with E-state index in [0.717, 1.165) is 27.2 Å². The van der Waals surface area contributed by atoms with E-state index in [-0.39, 0.29) is 30.3 Å². The molecule has 2 amide bonds. The molecule has 0 saturated carbocycles. The molecule has 0 aliphatic rings. The number of carbonyl (C=O) groups excluding carboxylic acids is 2. The second kappa shape index (κ2) is 10.4. The second-order valence-corrected chi connectivity index (χ2v) is 8.81. The van der Waals surface area contributed by atoms with E-state index in [4.69, 9.17) is 4.74 Å². The summed E-state index contributed by atoms with van der Waals surface area (Å²) in [6, 6.07) is 17.5. The first kappa shape index (κ1) is 24.0. The lowest BCUT2D eigenvalue weighted by molar-refractivity contribution is 0.0945. The number of nitrogens with one attached hydrogen (secondary N) is 2. The SMILES string of the molecule is COc1ccc(CNC(=O)c2cc3c(=O)n(CCNC(=O)c4ccccc4)c(=O)n(C)c3s2)cc1. The third kappa shape index (κ3) is 5.17. The van der Waals surface area contributed by atoms with Crippen LogP contribution in [0, 0.1) is 0 Å². The van der Waals surface area contributed by atoms with Crippen molar-refractivity contribution in [1.82, 2.24) is 19.8 Å². The Labute approximate surface area is 204 Å². The first-order chi connectivity index (χ1) is 16.9. The molecule has 0 aliphatic carbocycles. The molecule has 0 bridgehead atoms. The summed E-state index contributed by atoms with van der Waals surface area (Å²) in [5.41, 5.74) is 0.380. The molecule has 0 saturated heterocycles. The first-order valence-corrected chi connectivity index (χ1v) is 11.7. The molecule has 0 atom stereocenters. The Hall–Kier alpha value is -4.18. The fraction of sp³-hybridized carbons (Fsp3) is 0.200. The van der Waals surface area contributed by atoms with Gasteiger partial charge >= 0.3 is 5.69 Å². The van der Waals surface area contributed by atoms with Crippen LogP contribution in [0.25, 0.3) is 10.2 Å². The molecule has 4 rings (SSSR count). The van der Waals surface area contributed by atoms with E-state index >= 15 is 0 Å². The maximum Gasteiger partial charge on any atom is 0.331 e. The van der Waals surface area contributed by atoms with E-state index in [0.29, 0.717) is 21.8 Å². The summed E-state index contributed by atoms with van der Waals surface area (Å²) in [7, 11) is 3.14. The zero-order valence-corrected chi connectivity index (χ0v) is 20.1. The van der Waals surface area contributed by atoms with Crippen LogP contribution in [0.5, 0.6) is 5.75 Å². The van der Waals surface area contributed by atoms with Crippen LogP contribution in [-0.4, -0.2) is 34.6 Å².